The lowest BCUT2D eigenvalue weighted by atomic mass is 9.99. The lowest BCUT2D eigenvalue weighted by molar-refractivity contribution is -0.125. The average Bonchev–Trinajstić information content (AvgIpc) is 2.30. The van der Waals surface area contributed by atoms with E-state index in [1.807, 2.05) is 0 Å². The Kier molecular flexibility index (Phi) is 6.29. The molecule has 15 heavy (non-hydrogen) atoms. The van der Waals surface area contributed by atoms with Gasteiger partial charge < -0.3 is 10.6 Å². The van der Waals surface area contributed by atoms with Gasteiger partial charge in [0.1, 0.15) is 0 Å². The van der Waals surface area contributed by atoms with Crippen LogP contribution in [0.5, 0.6) is 0 Å². The molecule has 0 spiro atoms. The van der Waals surface area contributed by atoms with Gasteiger partial charge in [-0.25, -0.2) is 0 Å². The number of terminal acetylenes is 1. The van der Waals surface area contributed by atoms with Crippen molar-refractivity contribution in [2.75, 3.05) is 31.1 Å². The number of carbonyl (C=O) groups excluding carboxylic acids is 1. The zero-order valence-electron chi connectivity index (χ0n) is 8.92. The molecule has 0 unspecified atom stereocenters. The van der Waals surface area contributed by atoms with Gasteiger partial charge in [0.15, 0.2) is 0 Å². The van der Waals surface area contributed by atoms with Crippen molar-refractivity contribution in [1.82, 2.24) is 10.6 Å². The SMILES string of the molecule is C#CCSCCNC(=O)[C@H]1CCCNC1. The topological polar surface area (TPSA) is 41.1 Å². The van der Waals surface area contributed by atoms with Crippen LogP contribution in [-0.4, -0.2) is 37.0 Å². The fraction of sp³-hybridized carbons (Fsp3) is 0.727. The fourth-order valence-corrected chi connectivity index (χ4v) is 2.11. The van der Waals surface area contributed by atoms with Gasteiger partial charge in [0.2, 0.25) is 5.91 Å². The minimum atomic E-state index is 0.163. The Balaban J connectivity index is 2.05. The van der Waals surface area contributed by atoms with Crippen molar-refractivity contribution < 1.29 is 4.79 Å². The van der Waals surface area contributed by atoms with E-state index in [1.165, 1.54) is 0 Å². The van der Waals surface area contributed by atoms with Gasteiger partial charge in [-0.2, -0.15) is 0 Å². The van der Waals surface area contributed by atoms with Crippen molar-refractivity contribution in [2.24, 2.45) is 5.92 Å². The first-order valence-electron chi connectivity index (χ1n) is 5.34. The van der Waals surface area contributed by atoms with Crippen LogP contribution in [0.25, 0.3) is 0 Å². The molecule has 1 amide bonds. The highest BCUT2D eigenvalue weighted by molar-refractivity contribution is 7.99. The summed E-state index contributed by atoms with van der Waals surface area (Å²) in [5, 5.41) is 6.18. The minimum Gasteiger partial charge on any atom is -0.355 e. The van der Waals surface area contributed by atoms with Crippen LogP contribution in [-0.2, 0) is 4.79 Å². The van der Waals surface area contributed by atoms with Gasteiger partial charge in [0, 0.05) is 18.8 Å². The largest absolute Gasteiger partial charge is 0.355 e. The molecule has 84 valence electrons. The summed E-state index contributed by atoms with van der Waals surface area (Å²) in [4.78, 5) is 11.6. The van der Waals surface area contributed by atoms with E-state index < -0.39 is 0 Å². The van der Waals surface area contributed by atoms with E-state index in [9.17, 15) is 4.79 Å². The van der Waals surface area contributed by atoms with E-state index in [0.717, 1.165) is 44.0 Å². The van der Waals surface area contributed by atoms with Crippen LogP contribution >= 0.6 is 11.8 Å². The molecule has 1 heterocycles. The molecule has 1 atom stereocenters. The van der Waals surface area contributed by atoms with Crippen LogP contribution < -0.4 is 10.6 Å². The second-order valence-electron chi connectivity index (χ2n) is 3.59. The molecule has 3 nitrogen and oxygen atoms in total. The highest BCUT2D eigenvalue weighted by atomic mass is 32.2. The second-order valence-corrected chi connectivity index (χ2v) is 4.70. The van der Waals surface area contributed by atoms with Crippen molar-refractivity contribution in [3.05, 3.63) is 0 Å². The van der Waals surface area contributed by atoms with E-state index in [-0.39, 0.29) is 11.8 Å². The van der Waals surface area contributed by atoms with Crippen molar-refractivity contribution in [1.29, 1.82) is 0 Å². The zero-order valence-corrected chi connectivity index (χ0v) is 9.74. The predicted molar refractivity (Wildman–Crippen MR) is 64.8 cm³/mol. The summed E-state index contributed by atoms with van der Waals surface area (Å²) in [5.74, 6) is 4.53. The number of nitrogens with one attached hydrogen (secondary N) is 2. The molecule has 4 heteroatoms. The molecule has 0 aliphatic carbocycles. The zero-order chi connectivity index (χ0) is 10.9. The molecule has 0 aromatic rings. The lowest BCUT2D eigenvalue weighted by Crippen LogP contribution is -2.41. The molecule has 0 saturated carbocycles. The summed E-state index contributed by atoms with van der Waals surface area (Å²) in [6.45, 7) is 2.59. The molecule has 1 rings (SSSR count). The number of hydrogen-bond acceptors (Lipinski definition) is 3. The lowest BCUT2D eigenvalue weighted by Gasteiger charge is -2.21. The van der Waals surface area contributed by atoms with Crippen molar-refractivity contribution in [3.63, 3.8) is 0 Å². The van der Waals surface area contributed by atoms with Crippen LogP contribution in [0, 0.1) is 18.3 Å². The van der Waals surface area contributed by atoms with E-state index >= 15 is 0 Å². The smallest absolute Gasteiger partial charge is 0.224 e. The first kappa shape index (κ1) is 12.4. The molecule has 0 aromatic carbocycles. The maximum absolute atomic E-state index is 11.6. The van der Waals surface area contributed by atoms with Crippen molar-refractivity contribution in [2.45, 2.75) is 12.8 Å². The third kappa shape index (κ3) is 5.10. The Morgan fingerprint density at radius 1 is 1.67 bits per heavy atom. The van der Waals surface area contributed by atoms with E-state index in [0.29, 0.717) is 0 Å². The number of amides is 1. The number of piperidine rings is 1. The monoisotopic (exact) mass is 226 g/mol. The maximum atomic E-state index is 11.6. The number of thioether (sulfide) groups is 1. The van der Waals surface area contributed by atoms with E-state index in [4.69, 9.17) is 6.42 Å². The normalized spacial score (nSPS) is 20.6. The molecule has 1 saturated heterocycles. The molecular formula is C11H18N2OS. The van der Waals surface area contributed by atoms with Crippen molar-refractivity contribution in [3.8, 4) is 12.3 Å². The summed E-state index contributed by atoms with van der Waals surface area (Å²) >= 11 is 1.68. The summed E-state index contributed by atoms with van der Waals surface area (Å²) in [7, 11) is 0. The van der Waals surface area contributed by atoms with Gasteiger partial charge in [-0.15, -0.1) is 18.2 Å². The number of carbonyl (C=O) groups is 1. The van der Waals surface area contributed by atoms with E-state index in [1.54, 1.807) is 11.8 Å². The Morgan fingerprint density at radius 3 is 3.20 bits per heavy atom. The Hall–Kier alpha value is -0.660. The molecule has 0 aromatic heterocycles. The van der Waals surface area contributed by atoms with Crippen molar-refractivity contribution >= 4 is 17.7 Å². The van der Waals surface area contributed by atoms with Crippen LogP contribution in [0.2, 0.25) is 0 Å². The van der Waals surface area contributed by atoms with Gasteiger partial charge in [0.25, 0.3) is 0 Å². The summed E-state index contributed by atoms with van der Waals surface area (Å²) in [5.41, 5.74) is 0. The van der Waals surface area contributed by atoms with Gasteiger partial charge in [-0.05, 0) is 19.4 Å². The third-order valence-electron chi connectivity index (χ3n) is 2.40. The predicted octanol–water partition coefficient (Wildman–Crippen LogP) is 0.469. The van der Waals surface area contributed by atoms with Gasteiger partial charge in [-0.3, -0.25) is 4.79 Å². The van der Waals surface area contributed by atoms with Gasteiger partial charge in [0.05, 0.1) is 11.7 Å². The molecule has 2 N–H and O–H groups in total. The van der Waals surface area contributed by atoms with Gasteiger partial charge >= 0.3 is 0 Å². The Bertz CT molecular complexity index is 231. The van der Waals surface area contributed by atoms with Crippen LogP contribution in [0.15, 0.2) is 0 Å². The highest BCUT2D eigenvalue weighted by Gasteiger charge is 2.19. The molecule has 1 fully saturated rings. The average molecular weight is 226 g/mol. The highest BCUT2D eigenvalue weighted by Crippen LogP contribution is 2.09. The Labute approximate surface area is 95.8 Å². The summed E-state index contributed by atoms with van der Waals surface area (Å²) < 4.78 is 0. The maximum Gasteiger partial charge on any atom is 0.224 e. The first-order chi connectivity index (χ1) is 7.34. The molecule has 1 aliphatic heterocycles. The molecule has 1 aliphatic rings. The number of rotatable bonds is 5. The summed E-state index contributed by atoms with van der Waals surface area (Å²) in [6, 6.07) is 0. The van der Waals surface area contributed by atoms with Crippen LogP contribution in [0.1, 0.15) is 12.8 Å². The molecule has 0 bridgehead atoms. The quantitative estimate of drug-likeness (QED) is 0.529. The Morgan fingerprint density at radius 2 is 2.53 bits per heavy atom. The van der Waals surface area contributed by atoms with Crippen LogP contribution in [0.3, 0.4) is 0 Å². The van der Waals surface area contributed by atoms with Crippen LogP contribution in [0.4, 0.5) is 0 Å². The van der Waals surface area contributed by atoms with E-state index in [2.05, 4.69) is 16.6 Å². The van der Waals surface area contributed by atoms with Gasteiger partial charge in [-0.1, -0.05) is 5.92 Å². The number of hydrogen-bond donors (Lipinski definition) is 2. The second kappa shape index (κ2) is 7.61. The summed E-state index contributed by atoms with van der Waals surface area (Å²) in [6.07, 6.45) is 7.23. The minimum absolute atomic E-state index is 0.163. The fourth-order valence-electron chi connectivity index (χ4n) is 1.60. The molecule has 0 radical (unpaired) electrons. The third-order valence-corrected chi connectivity index (χ3v) is 3.26. The molecular weight excluding hydrogens is 208 g/mol. The standard InChI is InChI=1S/C11H18N2OS/c1-2-7-15-8-6-13-11(14)10-4-3-5-12-9-10/h1,10,12H,3-9H2,(H,13,14)/t10-/m0/s1. The first-order valence-corrected chi connectivity index (χ1v) is 6.49.